The molecule has 2 rings (SSSR count). The number of hydrogen-bond acceptors (Lipinski definition) is 5. The summed E-state index contributed by atoms with van der Waals surface area (Å²) in [6.45, 7) is 6.04. The Kier molecular flexibility index (Phi) is 3.60. The number of carboxylic acids is 1. The topological polar surface area (TPSA) is 93.8 Å². The minimum atomic E-state index is -1.11. The van der Waals surface area contributed by atoms with E-state index in [0.29, 0.717) is 5.69 Å². The standard InChI is InChI=1S/C13H15N5O2/c1-13(2,3)18-8-9(16-17-18)4-5-10-11(12(19)20)15-7-6-14-10/h4-8H,1-3H3,(H,19,20)/b5-4+. The van der Waals surface area contributed by atoms with Crippen molar-refractivity contribution in [2.24, 2.45) is 0 Å². The first-order chi connectivity index (χ1) is 9.38. The van der Waals surface area contributed by atoms with E-state index >= 15 is 0 Å². The fourth-order valence-corrected chi connectivity index (χ4v) is 1.48. The van der Waals surface area contributed by atoms with Crippen LogP contribution in [-0.4, -0.2) is 36.0 Å². The lowest BCUT2D eigenvalue weighted by atomic mass is 10.1. The Morgan fingerprint density at radius 1 is 1.25 bits per heavy atom. The smallest absolute Gasteiger partial charge is 0.356 e. The van der Waals surface area contributed by atoms with Crippen LogP contribution in [0.15, 0.2) is 18.6 Å². The molecule has 0 saturated carbocycles. The minimum absolute atomic E-state index is 0.0908. The van der Waals surface area contributed by atoms with Crippen molar-refractivity contribution in [3.05, 3.63) is 35.7 Å². The molecule has 0 bridgehead atoms. The molecule has 0 aromatic carbocycles. The summed E-state index contributed by atoms with van der Waals surface area (Å²) in [4.78, 5) is 18.8. The van der Waals surface area contributed by atoms with E-state index in [1.165, 1.54) is 12.4 Å². The fourth-order valence-electron chi connectivity index (χ4n) is 1.48. The minimum Gasteiger partial charge on any atom is -0.476 e. The van der Waals surface area contributed by atoms with Crippen molar-refractivity contribution in [3.8, 4) is 0 Å². The lowest BCUT2D eigenvalue weighted by Crippen LogP contribution is -2.22. The average molecular weight is 273 g/mol. The molecular weight excluding hydrogens is 258 g/mol. The van der Waals surface area contributed by atoms with Crippen LogP contribution < -0.4 is 0 Å². The molecular formula is C13H15N5O2. The van der Waals surface area contributed by atoms with Crippen LogP contribution in [0, 0.1) is 0 Å². The molecule has 0 aliphatic carbocycles. The monoisotopic (exact) mass is 273 g/mol. The summed E-state index contributed by atoms with van der Waals surface area (Å²) in [5.41, 5.74) is 0.664. The van der Waals surface area contributed by atoms with Gasteiger partial charge in [0.25, 0.3) is 0 Å². The van der Waals surface area contributed by atoms with Crippen molar-refractivity contribution < 1.29 is 9.90 Å². The molecule has 0 fully saturated rings. The second-order valence-electron chi connectivity index (χ2n) is 5.19. The highest BCUT2D eigenvalue weighted by Crippen LogP contribution is 2.13. The molecule has 0 spiro atoms. The highest BCUT2D eigenvalue weighted by atomic mass is 16.4. The van der Waals surface area contributed by atoms with Gasteiger partial charge >= 0.3 is 5.97 Å². The Balaban J connectivity index is 2.26. The van der Waals surface area contributed by atoms with Crippen molar-refractivity contribution in [1.29, 1.82) is 0 Å². The summed E-state index contributed by atoms with van der Waals surface area (Å²) in [7, 11) is 0. The Hall–Kier alpha value is -2.57. The van der Waals surface area contributed by atoms with Gasteiger partial charge in [0.2, 0.25) is 0 Å². The average Bonchev–Trinajstić information content (AvgIpc) is 2.85. The van der Waals surface area contributed by atoms with Crippen molar-refractivity contribution in [2.45, 2.75) is 26.3 Å². The second kappa shape index (κ2) is 5.20. The van der Waals surface area contributed by atoms with Crippen LogP contribution in [0.25, 0.3) is 12.2 Å². The second-order valence-corrected chi connectivity index (χ2v) is 5.19. The third-order valence-corrected chi connectivity index (χ3v) is 2.54. The molecule has 0 radical (unpaired) electrons. The first-order valence-corrected chi connectivity index (χ1v) is 6.03. The molecule has 7 nitrogen and oxygen atoms in total. The molecule has 2 aromatic rings. The predicted octanol–water partition coefficient (Wildman–Crippen LogP) is 1.69. The largest absolute Gasteiger partial charge is 0.476 e. The molecule has 0 atom stereocenters. The maximum atomic E-state index is 11.0. The first kappa shape index (κ1) is 13.9. The Morgan fingerprint density at radius 2 is 1.95 bits per heavy atom. The number of aromatic nitrogens is 5. The molecule has 0 saturated heterocycles. The van der Waals surface area contributed by atoms with E-state index in [1.807, 2.05) is 20.8 Å². The van der Waals surface area contributed by atoms with Crippen LogP contribution in [0.2, 0.25) is 0 Å². The van der Waals surface area contributed by atoms with E-state index < -0.39 is 5.97 Å². The lowest BCUT2D eigenvalue weighted by Gasteiger charge is -2.17. The van der Waals surface area contributed by atoms with Gasteiger partial charge in [0.1, 0.15) is 5.69 Å². The van der Waals surface area contributed by atoms with Crippen molar-refractivity contribution >= 4 is 18.1 Å². The van der Waals surface area contributed by atoms with Crippen molar-refractivity contribution in [1.82, 2.24) is 25.0 Å². The molecule has 1 N–H and O–H groups in total. The molecule has 0 aliphatic rings. The van der Waals surface area contributed by atoms with E-state index in [-0.39, 0.29) is 16.9 Å². The van der Waals surface area contributed by atoms with Gasteiger partial charge < -0.3 is 5.11 Å². The zero-order valence-corrected chi connectivity index (χ0v) is 11.5. The van der Waals surface area contributed by atoms with Crippen LogP contribution in [0.1, 0.15) is 42.6 Å². The third kappa shape index (κ3) is 3.05. The molecule has 0 amide bonds. The van der Waals surface area contributed by atoms with Crippen molar-refractivity contribution in [2.75, 3.05) is 0 Å². The van der Waals surface area contributed by atoms with Gasteiger partial charge in [-0.3, -0.25) is 4.98 Å². The van der Waals surface area contributed by atoms with Gasteiger partial charge in [-0.15, -0.1) is 5.10 Å². The lowest BCUT2D eigenvalue weighted by molar-refractivity contribution is 0.0689. The normalized spacial score (nSPS) is 11.9. The van der Waals surface area contributed by atoms with Crippen LogP contribution in [0.5, 0.6) is 0 Å². The maximum Gasteiger partial charge on any atom is 0.356 e. The summed E-state index contributed by atoms with van der Waals surface area (Å²) in [6, 6.07) is 0. The van der Waals surface area contributed by atoms with Gasteiger partial charge in [-0.25, -0.2) is 14.5 Å². The van der Waals surface area contributed by atoms with Gasteiger partial charge in [0, 0.05) is 12.4 Å². The number of carboxylic acid groups (broad SMARTS) is 1. The van der Waals surface area contributed by atoms with E-state index in [0.717, 1.165) is 0 Å². The van der Waals surface area contributed by atoms with Crippen LogP contribution >= 0.6 is 0 Å². The fraction of sp³-hybridized carbons (Fsp3) is 0.308. The molecule has 2 aromatic heterocycles. The molecule has 2 heterocycles. The van der Waals surface area contributed by atoms with Gasteiger partial charge in [-0.05, 0) is 32.9 Å². The van der Waals surface area contributed by atoms with Gasteiger partial charge in [0.15, 0.2) is 5.69 Å². The predicted molar refractivity (Wildman–Crippen MR) is 72.9 cm³/mol. The van der Waals surface area contributed by atoms with Gasteiger partial charge in [-0.2, -0.15) is 0 Å². The quantitative estimate of drug-likeness (QED) is 0.914. The number of nitrogens with zero attached hydrogens (tertiary/aromatic N) is 5. The summed E-state index contributed by atoms with van der Waals surface area (Å²) in [5, 5.41) is 17.0. The van der Waals surface area contributed by atoms with E-state index in [4.69, 9.17) is 5.11 Å². The zero-order valence-electron chi connectivity index (χ0n) is 11.5. The molecule has 7 heteroatoms. The van der Waals surface area contributed by atoms with Crippen LogP contribution in [0.4, 0.5) is 0 Å². The molecule has 104 valence electrons. The third-order valence-electron chi connectivity index (χ3n) is 2.54. The highest BCUT2D eigenvalue weighted by molar-refractivity contribution is 5.90. The first-order valence-electron chi connectivity index (χ1n) is 6.03. The highest BCUT2D eigenvalue weighted by Gasteiger charge is 2.14. The van der Waals surface area contributed by atoms with E-state index in [1.54, 1.807) is 23.0 Å². The van der Waals surface area contributed by atoms with Crippen LogP contribution in [-0.2, 0) is 5.54 Å². The van der Waals surface area contributed by atoms with E-state index in [2.05, 4.69) is 20.3 Å². The Labute approximate surface area is 116 Å². The molecule has 0 aliphatic heterocycles. The Bertz CT molecular complexity index is 655. The molecule has 0 unspecified atom stereocenters. The van der Waals surface area contributed by atoms with Crippen LogP contribution in [0.3, 0.4) is 0 Å². The number of carbonyl (C=O) groups is 1. The zero-order chi connectivity index (χ0) is 14.8. The Morgan fingerprint density at radius 3 is 2.55 bits per heavy atom. The van der Waals surface area contributed by atoms with Gasteiger partial charge in [-0.1, -0.05) is 5.21 Å². The van der Waals surface area contributed by atoms with Gasteiger partial charge in [0.05, 0.1) is 17.4 Å². The number of rotatable bonds is 3. The molecule has 20 heavy (non-hydrogen) atoms. The summed E-state index contributed by atoms with van der Waals surface area (Å²) >= 11 is 0. The maximum absolute atomic E-state index is 11.0. The number of aromatic carboxylic acids is 1. The number of hydrogen-bond donors (Lipinski definition) is 1. The summed E-state index contributed by atoms with van der Waals surface area (Å²) < 4.78 is 1.74. The SMILES string of the molecule is CC(C)(C)n1cc(/C=C/c2nccnc2C(=O)O)nn1. The van der Waals surface area contributed by atoms with E-state index in [9.17, 15) is 4.79 Å². The summed E-state index contributed by atoms with van der Waals surface area (Å²) in [6.07, 6.45) is 7.79. The van der Waals surface area contributed by atoms with Crippen molar-refractivity contribution in [3.63, 3.8) is 0 Å². The summed E-state index contributed by atoms with van der Waals surface area (Å²) in [5.74, 6) is -1.11.